The Labute approximate surface area is 204 Å². The van der Waals surface area contributed by atoms with E-state index in [0.717, 1.165) is 12.3 Å². The quantitative estimate of drug-likeness (QED) is 0.392. The maximum atomic E-state index is 15.0. The van der Waals surface area contributed by atoms with Gasteiger partial charge >= 0.3 is 5.97 Å². The molecule has 11 nitrogen and oxygen atoms in total. The minimum atomic E-state index is -1.44. The Bertz CT molecular complexity index is 1460. The van der Waals surface area contributed by atoms with Crippen LogP contribution in [-0.4, -0.2) is 63.6 Å². The van der Waals surface area contributed by atoms with Crippen LogP contribution in [0.25, 0.3) is 11.0 Å². The minimum absolute atomic E-state index is 0.0226. The highest BCUT2D eigenvalue weighted by molar-refractivity contribution is 5.97. The number of carboxylic acid groups (broad SMARTS) is 1. The molecule has 1 fully saturated rings. The first kappa shape index (κ1) is 24.5. The van der Waals surface area contributed by atoms with Crippen LogP contribution in [0.3, 0.4) is 0 Å². The highest BCUT2D eigenvalue weighted by atomic mass is 19.1. The Hall–Kier alpha value is -4.61. The summed E-state index contributed by atoms with van der Waals surface area (Å²) in [5.74, 6) is -1.75. The zero-order valence-corrected chi connectivity index (χ0v) is 19.7. The number of aromatic carboxylic acids is 1. The fraction of sp³-hybridized carbons (Fsp3) is 0.250. The molecule has 1 aliphatic rings. The molecular weight excluding hydrogens is 471 g/mol. The van der Waals surface area contributed by atoms with Crippen molar-refractivity contribution >= 4 is 34.6 Å². The van der Waals surface area contributed by atoms with Gasteiger partial charge in [-0.3, -0.25) is 14.2 Å². The van der Waals surface area contributed by atoms with Crippen molar-refractivity contribution in [1.29, 1.82) is 0 Å². The van der Waals surface area contributed by atoms with Gasteiger partial charge in [-0.25, -0.2) is 24.1 Å². The number of nitrogens with one attached hydrogen (secondary N) is 1. The molecule has 186 valence electrons. The number of hydrogen-bond acceptors (Lipinski definition) is 8. The maximum absolute atomic E-state index is 15.0. The van der Waals surface area contributed by atoms with Crippen LogP contribution in [0.15, 0.2) is 52.7 Å². The van der Waals surface area contributed by atoms with Gasteiger partial charge in [0.15, 0.2) is 17.3 Å². The number of carboxylic acids is 1. The predicted molar refractivity (Wildman–Crippen MR) is 130 cm³/mol. The topological polar surface area (TPSA) is 139 Å². The highest BCUT2D eigenvalue weighted by Crippen LogP contribution is 2.25. The standard InChI is InChI=1S/C24H23FN6O5/c1-4-7-26-13(2)31-12-17(24(34)35)20(32)16-8-18(25)22(29-21(16)31)30-10-14(11-30)28-23(33)19-6-5-15(36-3)9-27-19/h4-9,12,14H,10-11H2,1-3H3,(H,28,33)(H,34,35)/b7-4-,26-13?. The molecule has 3 aromatic heterocycles. The number of carbonyl (C=O) groups is 2. The summed E-state index contributed by atoms with van der Waals surface area (Å²) in [6.07, 6.45) is 5.75. The number of carbonyl (C=O) groups excluding carboxylic acids is 1. The summed E-state index contributed by atoms with van der Waals surface area (Å²) < 4.78 is 21.4. The van der Waals surface area contributed by atoms with Crippen LogP contribution < -0.4 is 20.4 Å². The Kier molecular flexibility index (Phi) is 6.77. The third kappa shape index (κ3) is 4.65. The van der Waals surface area contributed by atoms with Gasteiger partial charge in [-0.2, -0.15) is 0 Å². The lowest BCUT2D eigenvalue weighted by atomic mass is 10.1. The minimum Gasteiger partial charge on any atom is -0.495 e. The van der Waals surface area contributed by atoms with Crippen LogP contribution in [0.4, 0.5) is 10.2 Å². The number of nitrogens with zero attached hydrogens (tertiary/aromatic N) is 5. The molecule has 12 heteroatoms. The molecule has 0 aromatic carbocycles. The zero-order chi connectivity index (χ0) is 26.0. The first-order valence-electron chi connectivity index (χ1n) is 10.9. The lowest BCUT2D eigenvalue weighted by Gasteiger charge is -2.40. The van der Waals surface area contributed by atoms with Gasteiger partial charge in [0.1, 0.15) is 22.8 Å². The highest BCUT2D eigenvalue weighted by Gasteiger charge is 2.32. The third-order valence-corrected chi connectivity index (χ3v) is 5.62. The lowest BCUT2D eigenvalue weighted by molar-refractivity contribution is 0.0694. The van der Waals surface area contributed by atoms with Crippen LogP contribution >= 0.6 is 0 Å². The first-order chi connectivity index (χ1) is 17.2. The number of methoxy groups -OCH3 is 1. The molecule has 0 bridgehead atoms. The number of pyridine rings is 3. The van der Waals surface area contributed by atoms with Gasteiger partial charge in [0.2, 0.25) is 5.43 Å². The molecule has 0 aliphatic carbocycles. The number of amides is 1. The summed E-state index contributed by atoms with van der Waals surface area (Å²) in [7, 11) is 1.50. The summed E-state index contributed by atoms with van der Waals surface area (Å²) in [5, 5.41) is 12.1. The van der Waals surface area contributed by atoms with Crippen molar-refractivity contribution in [3.05, 3.63) is 70.2 Å². The van der Waals surface area contributed by atoms with Gasteiger partial charge in [-0.1, -0.05) is 6.08 Å². The number of aromatic nitrogens is 3. The van der Waals surface area contributed by atoms with Crippen LogP contribution in [-0.2, 0) is 0 Å². The molecule has 1 saturated heterocycles. The number of fused-ring (bicyclic) bond motifs is 1. The van der Waals surface area contributed by atoms with Gasteiger partial charge in [0.25, 0.3) is 5.91 Å². The number of rotatable bonds is 6. The van der Waals surface area contributed by atoms with Gasteiger partial charge in [0.05, 0.1) is 24.7 Å². The summed E-state index contributed by atoms with van der Waals surface area (Å²) in [5.41, 5.74) is -1.07. The molecule has 3 aromatic rings. The van der Waals surface area contributed by atoms with Gasteiger partial charge < -0.3 is 20.1 Å². The van der Waals surface area contributed by atoms with Crippen molar-refractivity contribution < 1.29 is 23.8 Å². The molecule has 0 radical (unpaired) electrons. The SMILES string of the molecule is C/C=C\N=C(C)n1cc(C(=O)O)c(=O)c2cc(F)c(N3CC(NC(=O)c4ccc(OC)cn4)C3)nc21. The largest absolute Gasteiger partial charge is 0.495 e. The predicted octanol–water partition coefficient (Wildman–Crippen LogP) is 2.06. The number of allylic oxidation sites excluding steroid dienone is 1. The van der Waals surface area contributed by atoms with Crippen molar-refractivity contribution in [3.63, 3.8) is 0 Å². The molecule has 1 aliphatic heterocycles. The Morgan fingerprint density at radius 1 is 1.33 bits per heavy atom. The summed E-state index contributed by atoms with van der Waals surface area (Å²) in [6, 6.07) is 3.88. The summed E-state index contributed by atoms with van der Waals surface area (Å²) >= 11 is 0. The average molecular weight is 494 g/mol. The zero-order valence-electron chi connectivity index (χ0n) is 19.7. The van der Waals surface area contributed by atoms with Crippen LogP contribution in [0.2, 0.25) is 0 Å². The van der Waals surface area contributed by atoms with Crippen LogP contribution in [0.1, 0.15) is 34.7 Å². The van der Waals surface area contributed by atoms with E-state index in [4.69, 9.17) is 4.74 Å². The Balaban J connectivity index is 1.61. The normalized spacial score (nSPS) is 14.2. The molecule has 4 heterocycles. The van der Waals surface area contributed by atoms with E-state index < -0.39 is 22.8 Å². The Morgan fingerprint density at radius 3 is 2.69 bits per heavy atom. The fourth-order valence-electron chi connectivity index (χ4n) is 3.72. The third-order valence-electron chi connectivity index (χ3n) is 5.62. The first-order valence-corrected chi connectivity index (χ1v) is 10.9. The van der Waals surface area contributed by atoms with Gasteiger partial charge in [-0.15, -0.1) is 0 Å². The second kappa shape index (κ2) is 9.94. The smallest absolute Gasteiger partial charge is 0.341 e. The van der Waals surface area contributed by atoms with Crippen molar-refractivity contribution in [2.45, 2.75) is 19.9 Å². The Morgan fingerprint density at radius 2 is 2.08 bits per heavy atom. The van der Waals surface area contributed by atoms with Crippen molar-refractivity contribution in [1.82, 2.24) is 19.9 Å². The molecule has 0 saturated carbocycles. The van der Waals surface area contributed by atoms with E-state index in [9.17, 15) is 19.5 Å². The van der Waals surface area contributed by atoms with Crippen molar-refractivity contribution in [3.8, 4) is 5.75 Å². The van der Waals surface area contributed by atoms with Crippen molar-refractivity contribution in [2.75, 3.05) is 25.1 Å². The molecule has 0 atom stereocenters. The number of anilines is 1. The van der Waals surface area contributed by atoms with Gasteiger partial charge in [-0.05, 0) is 32.0 Å². The fourth-order valence-corrected chi connectivity index (χ4v) is 3.72. The van der Waals surface area contributed by atoms with E-state index >= 15 is 4.39 Å². The molecule has 2 N–H and O–H groups in total. The number of ether oxygens (including phenoxy) is 1. The van der Waals surface area contributed by atoms with E-state index in [0.29, 0.717) is 11.6 Å². The summed E-state index contributed by atoms with van der Waals surface area (Å²) in [6.45, 7) is 3.93. The average Bonchev–Trinajstić information content (AvgIpc) is 2.84. The van der Waals surface area contributed by atoms with Crippen molar-refractivity contribution in [2.24, 2.45) is 4.99 Å². The molecule has 4 rings (SSSR count). The number of halogens is 1. The second-order valence-electron chi connectivity index (χ2n) is 8.03. The molecule has 36 heavy (non-hydrogen) atoms. The van der Waals surface area contributed by atoms with E-state index in [1.54, 1.807) is 30.9 Å². The number of hydrogen-bond donors (Lipinski definition) is 2. The molecule has 1 amide bonds. The monoisotopic (exact) mass is 494 g/mol. The second-order valence-corrected chi connectivity index (χ2v) is 8.03. The number of aliphatic imine (C=N–C) groups is 1. The van der Waals surface area contributed by atoms with E-state index in [2.05, 4.69) is 20.3 Å². The van der Waals surface area contributed by atoms with Gasteiger partial charge in [0, 0.05) is 25.5 Å². The molecule has 0 spiro atoms. The van der Waals surface area contributed by atoms with Crippen LogP contribution in [0.5, 0.6) is 5.75 Å². The lowest BCUT2D eigenvalue weighted by Crippen LogP contribution is -2.60. The molecule has 0 unspecified atom stereocenters. The van der Waals surface area contributed by atoms with Crippen LogP contribution in [0, 0.1) is 5.82 Å². The maximum Gasteiger partial charge on any atom is 0.341 e. The van der Waals surface area contributed by atoms with E-state index in [1.165, 1.54) is 30.1 Å². The summed E-state index contributed by atoms with van der Waals surface area (Å²) in [4.78, 5) is 50.9. The van der Waals surface area contributed by atoms with E-state index in [-0.39, 0.29) is 47.6 Å². The van der Waals surface area contributed by atoms with E-state index in [1.807, 2.05) is 0 Å². The molecular formula is C24H23FN6O5.